The highest BCUT2D eigenvalue weighted by atomic mass is 16.5. The number of nitrogens with one attached hydrogen (secondary N) is 1. The van der Waals surface area contributed by atoms with Crippen molar-refractivity contribution in [1.29, 1.82) is 0 Å². The van der Waals surface area contributed by atoms with Crippen LogP contribution < -0.4 is 11.1 Å². The van der Waals surface area contributed by atoms with E-state index in [0.29, 0.717) is 12.3 Å². The number of benzene rings is 1. The molecule has 0 spiro atoms. The van der Waals surface area contributed by atoms with E-state index in [1.54, 1.807) is 24.3 Å². The van der Waals surface area contributed by atoms with E-state index in [1.165, 1.54) is 0 Å². The van der Waals surface area contributed by atoms with E-state index in [4.69, 9.17) is 10.5 Å². The summed E-state index contributed by atoms with van der Waals surface area (Å²) in [5.41, 5.74) is 6.89. The predicted molar refractivity (Wildman–Crippen MR) is 65.3 cm³/mol. The zero-order valence-corrected chi connectivity index (χ0v) is 9.85. The molecule has 0 fully saturated rings. The lowest BCUT2D eigenvalue weighted by Crippen LogP contribution is -2.31. The topological polar surface area (TPSA) is 84.6 Å². The molecule has 0 aliphatic rings. The fourth-order valence-electron chi connectivity index (χ4n) is 1.29. The van der Waals surface area contributed by atoms with Gasteiger partial charge in [-0.05, 0) is 24.6 Å². The minimum absolute atomic E-state index is 0.0188. The van der Waals surface area contributed by atoms with Gasteiger partial charge in [0.2, 0.25) is 5.91 Å². The zero-order chi connectivity index (χ0) is 12.7. The molecule has 1 aromatic carbocycles. The van der Waals surface area contributed by atoms with Crippen LogP contribution in [0, 0.1) is 0 Å². The number of nitrogen functional groups attached to an aromatic ring is 1. The normalized spacial score (nSPS) is 12.1. The Morgan fingerprint density at radius 3 is 2.71 bits per heavy atom. The second kappa shape index (κ2) is 6.88. The van der Waals surface area contributed by atoms with E-state index >= 15 is 0 Å². The number of hydrogen-bond donors (Lipinski definition) is 3. The Morgan fingerprint density at radius 2 is 2.12 bits per heavy atom. The molecule has 0 saturated carbocycles. The molecule has 1 unspecified atom stereocenters. The van der Waals surface area contributed by atoms with Crippen LogP contribution in [0.2, 0.25) is 0 Å². The second-order valence-electron chi connectivity index (χ2n) is 3.62. The van der Waals surface area contributed by atoms with Crippen molar-refractivity contribution < 1.29 is 14.6 Å². The summed E-state index contributed by atoms with van der Waals surface area (Å²) >= 11 is 0. The summed E-state index contributed by atoms with van der Waals surface area (Å²) in [6, 6.07) is 6.88. The number of rotatable bonds is 6. The summed E-state index contributed by atoms with van der Waals surface area (Å²) in [7, 11) is 0. The van der Waals surface area contributed by atoms with Crippen molar-refractivity contribution in [3.8, 4) is 0 Å². The number of ether oxygens (including phenoxy) is 1. The molecule has 0 heterocycles. The first-order valence-electron chi connectivity index (χ1n) is 5.51. The Bertz CT molecular complexity index is 351. The van der Waals surface area contributed by atoms with Gasteiger partial charge in [0, 0.05) is 18.8 Å². The van der Waals surface area contributed by atoms with Crippen LogP contribution in [0.3, 0.4) is 0 Å². The van der Waals surface area contributed by atoms with Gasteiger partial charge in [-0.3, -0.25) is 4.79 Å². The molecule has 0 saturated heterocycles. The molecule has 0 aliphatic heterocycles. The van der Waals surface area contributed by atoms with Crippen molar-refractivity contribution in [2.45, 2.75) is 13.0 Å². The molecule has 94 valence electrons. The van der Waals surface area contributed by atoms with E-state index in [-0.39, 0.29) is 19.1 Å². The largest absolute Gasteiger partial charge is 0.399 e. The van der Waals surface area contributed by atoms with Gasteiger partial charge in [-0.25, -0.2) is 0 Å². The molecule has 5 heteroatoms. The lowest BCUT2D eigenvalue weighted by Gasteiger charge is -2.12. The third-order valence-electron chi connectivity index (χ3n) is 2.25. The van der Waals surface area contributed by atoms with Gasteiger partial charge >= 0.3 is 0 Å². The van der Waals surface area contributed by atoms with E-state index in [1.807, 2.05) is 6.92 Å². The Balaban J connectivity index is 2.36. The van der Waals surface area contributed by atoms with Gasteiger partial charge < -0.3 is 20.9 Å². The lowest BCUT2D eigenvalue weighted by atomic mass is 10.1. The molecule has 1 amide bonds. The molecule has 1 rings (SSSR count). The average Bonchev–Trinajstić information content (AvgIpc) is 2.34. The van der Waals surface area contributed by atoms with Crippen molar-refractivity contribution in [1.82, 2.24) is 5.32 Å². The van der Waals surface area contributed by atoms with Crippen LogP contribution in [-0.2, 0) is 9.53 Å². The minimum atomic E-state index is -0.735. The number of aliphatic hydroxyl groups is 1. The SMILES string of the molecule is CCOCC(=O)NCC(O)c1ccc(N)cc1. The number of carbonyl (C=O) groups excluding carboxylic acids is 1. The van der Waals surface area contributed by atoms with E-state index in [9.17, 15) is 9.90 Å². The first-order valence-corrected chi connectivity index (χ1v) is 5.51. The van der Waals surface area contributed by atoms with Gasteiger partial charge in [-0.2, -0.15) is 0 Å². The lowest BCUT2D eigenvalue weighted by molar-refractivity contribution is -0.126. The third-order valence-corrected chi connectivity index (χ3v) is 2.25. The van der Waals surface area contributed by atoms with Crippen molar-refractivity contribution in [3.05, 3.63) is 29.8 Å². The number of carbonyl (C=O) groups is 1. The van der Waals surface area contributed by atoms with Crippen molar-refractivity contribution in [2.24, 2.45) is 0 Å². The first-order chi connectivity index (χ1) is 8.13. The summed E-state index contributed by atoms with van der Waals surface area (Å²) in [6.45, 7) is 2.49. The van der Waals surface area contributed by atoms with Gasteiger partial charge in [-0.1, -0.05) is 12.1 Å². The number of anilines is 1. The maximum Gasteiger partial charge on any atom is 0.246 e. The quantitative estimate of drug-likeness (QED) is 0.628. The molecule has 17 heavy (non-hydrogen) atoms. The first kappa shape index (κ1) is 13.5. The third kappa shape index (κ3) is 4.84. The summed E-state index contributed by atoms with van der Waals surface area (Å²) in [6.07, 6.45) is -0.735. The van der Waals surface area contributed by atoms with E-state index in [0.717, 1.165) is 5.56 Å². The summed E-state index contributed by atoms with van der Waals surface area (Å²) < 4.78 is 4.94. The molecule has 1 aromatic rings. The Hall–Kier alpha value is -1.59. The molecular formula is C12H18N2O3. The molecule has 1 atom stereocenters. The molecule has 5 nitrogen and oxygen atoms in total. The van der Waals surface area contributed by atoms with Crippen molar-refractivity contribution in [3.63, 3.8) is 0 Å². The molecule has 0 radical (unpaired) electrons. The van der Waals surface area contributed by atoms with Gasteiger partial charge in [0.25, 0.3) is 0 Å². The fraction of sp³-hybridized carbons (Fsp3) is 0.417. The van der Waals surface area contributed by atoms with Crippen LogP contribution in [-0.4, -0.2) is 30.8 Å². The summed E-state index contributed by atoms with van der Waals surface area (Å²) in [5.74, 6) is -0.235. The van der Waals surface area contributed by atoms with Gasteiger partial charge in [0.15, 0.2) is 0 Å². The Morgan fingerprint density at radius 1 is 1.47 bits per heavy atom. The Kier molecular flexibility index (Phi) is 5.45. The zero-order valence-electron chi connectivity index (χ0n) is 9.85. The summed E-state index contributed by atoms with van der Waals surface area (Å²) in [4.78, 5) is 11.2. The summed E-state index contributed by atoms with van der Waals surface area (Å²) in [5, 5.41) is 12.4. The average molecular weight is 238 g/mol. The maximum absolute atomic E-state index is 11.2. The van der Waals surface area contributed by atoms with Gasteiger partial charge in [-0.15, -0.1) is 0 Å². The van der Waals surface area contributed by atoms with Gasteiger partial charge in [0.05, 0.1) is 6.10 Å². The second-order valence-corrected chi connectivity index (χ2v) is 3.62. The number of nitrogens with two attached hydrogens (primary N) is 1. The molecule has 0 aromatic heterocycles. The number of hydrogen-bond acceptors (Lipinski definition) is 4. The minimum Gasteiger partial charge on any atom is -0.399 e. The Labute approximate surface area is 101 Å². The maximum atomic E-state index is 11.2. The monoisotopic (exact) mass is 238 g/mol. The van der Waals surface area contributed by atoms with Crippen LogP contribution in [0.4, 0.5) is 5.69 Å². The number of amides is 1. The molecule has 0 bridgehead atoms. The molecular weight excluding hydrogens is 220 g/mol. The highest BCUT2D eigenvalue weighted by molar-refractivity contribution is 5.77. The van der Waals surface area contributed by atoms with Crippen LogP contribution in [0.5, 0.6) is 0 Å². The van der Waals surface area contributed by atoms with Crippen molar-refractivity contribution >= 4 is 11.6 Å². The predicted octanol–water partition coefficient (Wildman–Crippen LogP) is 0.455. The molecule has 4 N–H and O–H groups in total. The van der Waals surface area contributed by atoms with Crippen LogP contribution in [0.25, 0.3) is 0 Å². The van der Waals surface area contributed by atoms with Crippen molar-refractivity contribution in [2.75, 3.05) is 25.5 Å². The number of aliphatic hydroxyl groups excluding tert-OH is 1. The smallest absolute Gasteiger partial charge is 0.246 e. The highest BCUT2D eigenvalue weighted by Crippen LogP contribution is 2.13. The fourth-order valence-corrected chi connectivity index (χ4v) is 1.29. The van der Waals surface area contributed by atoms with Crippen LogP contribution in [0.1, 0.15) is 18.6 Å². The standard InChI is InChI=1S/C12H18N2O3/c1-2-17-8-12(16)14-7-11(15)9-3-5-10(13)6-4-9/h3-6,11,15H,2,7-8,13H2,1H3,(H,14,16). The van der Waals surface area contributed by atoms with E-state index in [2.05, 4.69) is 5.32 Å². The van der Waals surface area contributed by atoms with E-state index < -0.39 is 6.10 Å². The highest BCUT2D eigenvalue weighted by Gasteiger charge is 2.09. The molecule has 0 aliphatic carbocycles. The van der Waals surface area contributed by atoms with Gasteiger partial charge in [0.1, 0.15) is 6.61 Å². The van der Waals surface area contributed by atoms with Crippen LogP contribution >= 0.6 is 0 Å². The van der Waals surface area contributed by atoms with Crippen LogP contribution in [0.15, 0.2) is 24.3 Å².